The molecular weight excluding hydrogens is 243 g/mol. The second kappa shape index (κ2) is 5.87. The topological polar surface area (TPSA) is 24.1 Å². The largest absolute Gasteiger partial charge is 0.315 e. The Bertz CT molecular complexity index is 349. The minimum Gasteiger partial charge on any atom is -0.315 e. The van der Waals surface area contributed by atoms with Gasteiger partial charge in [0, 0.05) is 19.1 Å². The monoisotopic (exact) mass is 258 g/mol. The van der Waals surface area contributed by atoms with E-state index in [1.165, 1.54) is 12.8 Å². The Morgan fingerprint density at radius 1 is 1.38 bits per heavy atom. The van der Waals surface area contributed by atoms with Crippen molar-refractivity contribution in [3.8, 4) is 0 Å². The van der Waals surface area contributed by atoms with Crippen molar-refractivity contribution in [2.75, 3.05) is 13.1 Å². The van der Waals surface area contributed by atoms with Crippen LogP contribution >= 0.6 is 23.2 Å². The van der Waals surface area contributed by atoms with Gasteiger partial charge in [0.1, 0.15) is 0 Å². The van der Waals surface area contributed by atoms with Gasteiger partial charge in [0.05, 0.1) is 10.0 Å². The molecule has 0 radical (unpaired) electrons. The second-order valence-electron chi connectivity index (χ2n) is 4.14. The fraction of sp³-hybridized carbons (Fsp3) is 0.500. The second-order valence-corrected chi connectivity index (χ2v) is 4.92. The van der Waals surface area contributed by atoms with Crippen LogP contribution in [0.15, 0.2) is 18.2 Å². The van der Waals surface area contributed by atoms with Gasteiger partial charge >= 0.3 is 0 Å². The summed E-state index contributed by atoms with van der Waals surface area (Å²) in [6, 6.07) is 6.31. The highest BCUT2D eigenvalue weighted by atomic mass is 35.5. The average molecular weight is 259 g/mol. The number of hydrogen-bond donors (Lipinski definition) is 2. The Balaban J connectivity index is 1.91. The smallest absolute Gasteiger partial charge is 0.0637 e. The van der Waals surface area contributed by atoms with E-state index in [0.29, 0.717) is 16.1 Å². The molecule has 1 aliphatic rings. The Hall–Kier alpha value is -0.280. The summed E-state index contributed by atoms with van der Waals surface area (Å²) in [5.74, 6) is 0. The van der Waals surface area contributed by atoms with Gasteiger partial charge in [-0.3, -0.25) is 0 Å². The number of rotatable bonds is 3. The predicted molar refractivity (Wildman–Crippen MR) is 69.2 cm³/mol. The van der Waals surface area contributed by atoms with E-state index in [9.17, 15) is 0 Å². The van der Waals surface area contributed by atoms with E-state index in [1.807, 2.05) is 18.2 Å². The molecule has 0 spiro atoms. The van der Waals surface area contributed by atoms with Gasteiger partial charge < -0.3 is 10.6 Å². The Kier molecular flexibility index (Phi) is 4.47. The minimum absolute atomic E-state index is 0.545. The molecule has 2 nitrogen and oxygen atoms in total. The SMILES string of the molecule is Clc1cccc(CNC2CCCNC2)c1Cl. The normalized spacial score (nSPS) is 21.0. The summed E-state index contributed by atoms with van der Waals surface area (Å²) in [7, 11) is 0. The molecule has 1 saturated heterocycles. The Morgan fingerprint density at radius 2 is 2.25 bits per heavy atom. The Morgan fingerprint density at radius 3 is 3.00 bits per heavy atom. The summed E-state index contributed by atoms with van der Waals surface area (Å²) in [4.78, 5) is 0. The summed E-state index contributed by atoms with van der Waals surface area (Å²) >= 11 is 12.1. The molecule has 4 heteroatoms. The molecule has 0 aliphatic carbocycles. The van der Waals surface area contributed by atoms with Gasteiger partial charge in [-0.2, -0.15) is 0 Å². The summed E-state index contributed by atoms with van der Waals surface area (Å²) < 4.78 is 0. The maximum Gasteiger partial charge on any atom is 0.0637 e. The molecule has 16 heavy (non-hydrogen) atoms. The van der Waals surface area contributed by atoms with Gasteiger partial charge in [-0.05, 0) is 31.0 Å². The van der Waals surface area contributed by atoms with E-state index in [-0.39, 0.29) is 0 Å². The molecule has 2 N–H and O–H groups in total. The molecule has 1 fully saturated rings. The Labute approximate surface area is 106 Å². The molecule has 0 bridgehead atoms. The highest BCUT2D eigenvalue weighted by Crippen LogP contribution is 2.25. The van der Waals surface area contributed by atoms with E-state index in [2.05, 4.69) is 10.6 Å². The lowest BCUT2D eigenvalue weighted by Gasteiger charge is -2.24. The molecule has 1 unspecified atom stereocenters. The van der Waals surface area contributed by atoms with Crippen LogP contribution in [0.4, 0.5) is 0 Å². The van der Waals surface area contributed by atoms with Crippen molar-refractivity contribution < 1.29 is 0 Å². The number of halogens is 2. The molecule has 0 amide bonds. The molecule has 2 rings (SSSR count). The number of nitrogens with one attached hydrogen (secondary N) is 2. The molecule has 1 aromatic rings. The molecule has 1 atom stereocenters. The summed E-state index contributed by atoms with van der Waals surface area (Å²) in [5, 5.41) is 8.17. The van der Waals surface area contributed by atoms with Crippen molar-refractivity contribution >= 4 is 23.2 Å². The first kappa shape index (κ1) is 12.2. The maximum atomic E-state index is 6.12. The van der Waals surface area contributed by atoms with Gasteiger partial charge in [-0.1, -0.05) is 35.3 Å². The van der Waals surface area contributed by atoms with Crippen molar-refractivity contribution in [2.24, 2.45) is 0 Å². The highest BCUT2D eigenvalue weighted by Gasteiger charge is 2.12. The fourth-order valence-electron chi connectivity index (χ4n) is 1.97. The van der Waals surface area contributed by atoms with E-state index < -0.39 is 0 Å². The molecule has 1 aliphatic heterocycles. The molecule has 0 aromatic heterocycles. The molecule has 1 heterocycles. The zero-order valence-corrected chi connectivity index (χ0v) is 10.6. The van der Waals surface area contributed by atoms with Crippen LogP contribution in [-0.4, -0.2) is 19.1 Å². The lowest BCUT2D eigenvalue weighted by molar-refractivity contribution is 0.389. The van der Waals surface area contributed by atoms with Gasteiger partial charge in [0.2, 0.25) is 0 Å². The molecule has 1 aromatic carbocycles. The summed E-state index contributed by atoms with van der Waals surface area (Å²) in [5.41, 5.74) is 1.07. The first-order valence-electron chi connectivity index (χ1n) is 5.64. The van der Waals surface area contributed by atoms with Gasteiger partial charge in [0.25, 0.3) is 0 Å². The fourth-order valence-corrected chi connectivity index (χ4v) is 2.35. The minimum atomic E-state index is 0.545. The van der Waals surface area contributed by atoms with E-state index in [0.717, 1.165) is 25.2 Å². The van der Waals surface area contributed by atoms with Crippen molar-refractivity contribution in [1.82, 2.24) is 10.6 Å². The third-order valence-electron chi connectivity index (χ3n) is 2.91. The van der Waals surface area contributed by atoms with Crippen LogP contribution in [0.3, 0.4) is 0 Å². The third-order valence-corrected chi connectivity index (χ3v) is 3.77. The third kappa shape index (κ3) is 3.11. The van der Waals surface area contributed by atoms with Crippen LogP contribution < -0.4 is 10.6 Å². The van der Waals surface area contributed by atoms with Crippen molar-refractivity contribution in [2.45, 2.75) is 25.4 Å². The van der Waals surface area contributed by atoms with Crippen LogP contribution in [0, 0.1) is 0 Å². The van der Waals surface area contributed by atoms with Crippen molar-refractivity contribution in [1.29, 1.82) is 0 Å². The molecule has 88 valence electrons. The zero-order chi connectivity index (χ0) is 11.4. The quantitative estimate of drug-likeness (QED) is 0.872. The van der Waals surface area contributed by atoms with Crippen LogP contribution in [0.5, 0.6) is 0 Å². The molecule has 0 saturated carbocycles. The highest BCUT2D eigenvalue weighted by molar-refractivity contribution is 6.42. The van der Waals surface area contributed by atoms with Gasteiger partial charge in [-0.25, -0.2) is 0 Å². The number of hydrogen-bond acceptors (Lipinski definition) is 2. The van der Waals surface area contributed by atoms with E-state index in [4.69, 9.17) is 23.2 Å². The number of piperidine rings is 1. The lowest BCUT2D eigenvalue weighted by atomic mass is 10.1. The number of benzene rings is 1. The van der Waals surface area contributed by atoms with Crippen molar-refractivity contribution in [3.63, 3.8) is 0 Å². The van der Waals surface area contributed by atoms with Crippen molar-refractivity contribution in [3.05, 3.63) is 33.8 Å². The van der Waals surface area contributed by atoms with E-state index in [1.54, 1.807) is 0 Å². The molecular formula is C12H16Cl2N2. The van der Waals surface area contributed by atoms with Crippen LogP contribution in [0.25, 0.3) is 0 Å². The standard InChI is InChI=1S/C12H16Cl2N2/c13-11-5-1-3-9(12(11)14)7-16-10-4-2-6-15-8-10/h1,3,5,10,15-16H,2,4,6-8H2. The lowest BCUT2D eigenvalue weighted by Crippen LogP contribution is -2.42. The first-order valence-corrected chi connectivity index (χ1v) is 6.40. The predicted octanol–water partition coefficient (Wildman–Crippen LogP) is 2.84. The van der Waals surface area contributed by atoms with Gasteiger partial charge in [-0.15, -0.1) is 0 Å². The first-order chi connectivity index (χ1) is 7.77. The van der Waals surface area contributed by atoms with Crippen LogP contribution in [0.2, 0.25) is 10.0 Å². The maximum absolute atomic E-state index is 6.12. The summed E-state index contributed by atoms with van der Waals surface area (Å²) in [6.45, 7) is 2.96. The zero-order valence-electron chi connectivity index (χ0n) is 9.10. The van der Waals surface area contributed by atoms with Gasteiger partial charge in [0.15, 0.2) is 0 Å². The average Bonchev–Trinajstić information content (AvgIpc) is 2.32. The van der Waals surface area contributed by atoms with E-state index >= 15 is 0 Å². The van der Waals surface area contributed by atoms with Crippen LogP contribution in [-0.2, 0) is 6.54 Å². The van der Waals surface area contributed by atoms with Crippen LogP contribution in [0.1, 0.15) is 18.4 Å². The summed E-state index contributed by atoms with van der Waals surface area (Å²) in [6.07, 6.45) is 2.46.